The molecule has 1 fully saturated rings. The average molecular weight is 616 g/mol. The smallest absolute Gasteiger partial charge is 0.177 e. The molecule has 226 valence electrons. The van der Waals surface area contributed by atoms with Gasteiger partial charge in [-0.15, -0.1) is 11.3 Å². The SMILES string of the molecule is O=C(Cc1ccc2c(cnn2-c2ccc(CC(=O)c3cccs3)cc2)c1)c1ccc(N2CCC(O)(Cn3ccnc3)CC2)cc1. The second-order valence-corrected chi connectivity index (χ2v) is 12.7. The van der Waals surface area contributed by atoms with Gasteiger partial charge < -0.3 is 14.6 Å². The largest absolute Gasteiger partial charge is 0.388 e. The number of thiophene rings is 1. The molecule has 0 unspecified atom stereocenters. The van der Waals surface area contributed by atoms with Gasteiger partial charge in [-0.25, -0.2) is 9.67 Å². The van der Waals surface area contributed by atoms with Gasteiger partial charge >= 0.3 is 0 Å². The number of benzene rings is 3. The first-order chi connectivity index (χ1) is 21.9. The molecule has 3 aromatic heterocycles. The molecular weight excluding hydrogens is 582 g/mol. The van der Waals surface area contributed by atoms with Crippen LogP contribution in [-0.4, -0.2) is 54.7 Å². The van der Waals surface area contributed by atoms with Gasteiger partial charge in [0.25, 0.3) is 0 Å². The second kappa shape index (κ2) is 12.3. The number of anilines is 1. The normalized spacial score (nSPS) is 14.6. The fraction of sp³-hybridized carbons (Fsp3) is 0.222. The van der Waals surface area contributed by atoms with Crippen LogP contribution in [0, 0.1) is 0 Å². The number of carbonyl (C=O) groups excluding carboxylic acids is 2. The third-order valence-electron chi connectivity index (χ3n) is 8.62. The van der Waals surface area contributed by atoms with E-state index in [-0.39, 0.29) is 11.6 Å². The zero-order valence-corrected chi connectivity index (χ0v) is 25.6. The highest BCUT2D eigenvalue weighted by Crippen LogP contribution is 2.28. The number of ketones is 2. The minimum absolute atomic E-state index is 0.0642. The molecule has 0 radical (unpaired) electrons. The molecule has 0 saturated carbocycles. The summed E-state index contributed by atoms with van der Waals surface area (Å²) in [6, 6.07) is 25.5. The summed E-state index contributed by atoms with van der Waals surface area (Å²) >= 11 is 1.47. The van der Waals surface area contributed by atoms with Gasteiger partial charge in [0.2, 0.25) is 0 Å². The monoisotopic (exact) mass is 615 g/mol. The van der Waals surface area contributed by atoms with Crippen LogP contribution in [0.2, 0.25) is 0 Å². The molecule has 1 N–H and O–H groups in total. The number of nitrogens with zero attached hydrogens (tertiary/aromatic N) is 5. The molecule has 6 aromatic rings. The van der Waals surface area contributed by atoms with E-state index >= 15 is 0 Å². The summed E-state index contributed by atoms with van der Waals surface area (Å²) in [5.41, 5.74) is 4.78. The standard InChI is InChI=1S/C36H33N5O3S/c42-33(28-6-10-30(11-7-28)40-16-13-36(44,14-17-40)24-39-18-15-37-25-39)22-27-5-12-32-29(20-27)23-38-41(32)31-8-3-26(4-9-31)21-34(43)35-2-1-19-45-35/h1-12,15,18-20,23,25,44H,13-14,16-17,21-22,24H2. The van der Waals surface area contributed by atoms with Crippen LogP contribution >= 0.6 is 11.3 Å². The van der Waals surface area contributed by atoms with E-state index < -0.39 is 5.60 Å². The maximum Gasteiger partial charge on any atom is 0.177 e. The Labute approximate surface area is 265 Å². The summed E-state index contributed by atoms with van der Waals surface area (Å²) in [5.74, 6) is 0.188. The number of aromatic nitrogens is 4. The Bertz CT molecular complexity index is 1920. The van der Waals surface area contributed by atoms with Crippen molar-refractivity contribution in [1.29, 1.82) is 0 Å². The number of carbonyl (C=O) groups is 2. The van der Waals surface area contributed by atoms with Crippen molar-refractivity contribution in [2.75, 3.05) is 18.0 Å². The molecule has 9 heteroatoms. The van der Waals surface area contributed by atoms with Gasteiger partial charge in [-0.2, -0.15) is 5.10 Å². The van der Waals surface area contributed by atoms with Crippen molar-refractivity contribution in [3.63, 3.8) is 0 Å². The third-order valence-corrected chi connectivity index (χ3v) is 9.53. The molecule has 7 rings (SSSR count). The van der Waals surface area contributed by atoms with Crippen LogP contribution in [0.25, 0.3) is 16.6 Å². The van der Waals surface area contributed by atoms with Gasteiger partial charge in [-0.3, -0.25) is 9.59 Å². The zero-order valence-electron chi connectivity index (χ0n) is 24.8. The van der Waals surface area contributed by atoms with E-state index in [2.05, 4.69) is 15.0 Å². The molecule has 1 aliphatic rings. The summed E-state index contributed by atoms with van der Waals surface area (Å²) < 4.78 is 3.81. The minimum atomic E-state index is -0.735. The van der Waals surface area contributed by atoms with Crippen molar-refractivity contribution < 1.29 is 14.7 Å². The van der Waals surface area contributed by atoms with Crippen molar-refractivity contribution in [3.8, 4) is 5.69 Å². The molecule has 0 spiro atoms. The van der Waals surface area contributed by atoms with Gasteiger partial charge in [0.1, 0.15) is 0 Å². The molecule has 0 bridgehead atoms. The summed E-state index contributed by atoms with van der Waals surface area (Å²) in [5, 5.41) is 18.5. The lowest BCUT2D eigenvalue weighted by Crippen LogP contribution is -2.46. The first kappa shape index (κ1) is 28.9. The Morgan fingerprint density at radius 3 is 2.31 bits per heavy atom. The first-order valence-electron chi connectivity index (χ1n) is 15.1. The van der Waals surface area contributed by atoms with Crippen LogP contribution in [0.15, 0.2) is 109 Å². The van der Waals surface area contributed by atoms with Crippen LogP contribution < -0.4 is 4.90 Å². The van der Waals surface area contributed by atoms with Gasteiger partial charge in [-0.05, 0) is 83.9 Å². The number of Topliss-reactive ketones (excluding diaryl/α,β-unsaturated/α-hetero) is 2. The van der Waals surface area contributed by atoms with E-state index in [0.717, 1.165) is 51.4 Å². The van der Waals surface area contributed by atoms with Crippen molar-refractivity contribution >= 4 is 39.5 Å². The van der Waals surface area contributed by atoms with Crippen molar-refractivity contribution in [2.45, 2.75) is 37.8 Å². The average Bonchev–Trinajstić information content (AvgIpc) is 3.85. The van der Waals surface area contributed by atoms with Crippen molar-refractivity contribution in [2.24, 2.45) is 0 Å². The third kappa shape index (κ3) is 6.36. The van der Waals surface area contributed by atoms with E-state index in [0.29, 0.717) is 37.8 Å². The van der Waals surface area contributed by atoms with E-state index in [1.807, 2.05) is 106 Å². The van der Waals surface area contributed by atoms with Gasteiger partial charge in [-0.1, -0.05) is 24.3 Å². The fourth-order valence-corrected chi connectivity index (χ4v) is 6.73. The van der Waals surface area contributed by atoms with Crippen LogP contribution in [0.3, 0.4) is 0 Å². The number of rotatable bonds is 10. The maximum absolute atomic E-state index is 13.2. The fourth-order valence-electron chi connectivity index (χ4n) is 6.07. The van der Waals surface area contributed by atoms with Crippen molar-refractivity contribution in [3.05, 3.63) is 131 Å². The lowest BCUT2D eigenvalue weighted by Gasteiger charge is -2.39. The number of hydrogen-bond acceptors (Lipinski definition) is 7. The Balaban J connectivity index is 0.966. The Morgan fingerprint density at radius 2 is 1.60 bits per heavy atom. The Hall–Kier alpha value is -4.86. The molecular formula is C36H33N5O3S. The highest BCUT2D eigenvalue weighted by Gasteiger charge is 2.32. The molecule has 1 saturated heterocycles. The lowest BCUT2D eigenvalue weighted by molar-refractivity contribution is -0.0000792. The minimum Gasteiger partial charge on any atom is -0.388 e. The number of piperidine rings is 1. The predicted octanol–water partition coefficient (Wildman–Crippen LogP) is 6.17. The van der Waals surface area contributed by atoms with Crippen LogP contribution in [0.5, 0.6) is 0 Å². The van der Waals surface area contributed by atoms with E-state index in [4.69, 9.17) is 0 Å². The summed E-state index contributed by atoms with van der Waals surface area (Å²) in [7, 11) is 0. The molecule has 4 heterocycles. The quantitative estimate of drug-likeness (QED) is 0.186. The van der Waals surface area contributed by atoms with Crippen molar-refractivity contribution in [1.82, 2.24) is 19.3 Å². The predicted molar refractivity (Wildman–Crippen MR) is 177 cm³/mol. The topological polar surface area (TPSA) is 93.3 Å². The van der Waals surface area contributed by atoms with Gasteiger partial charge in [0.05, 0.1) is 40.8 Å². The highest BCUT2D eigenvalue weighted by molar-refractivity contribution is 7.12. The zero-order chi connectivity index (χ0) is 30.8. The molecule has 8 nitrogen and oxygen atoms in total. The molecule has 3 aromatic carbocycles. The molecule has 1 aliphatic heterocycles. The second-order valence-electron chi connectivity index (χ2n) is 11.8. The Morgan fingerprint density at radius 1 is 0.867 bits per heavy atom. The molecule has 0 amide bonds. The molecule has 0 atom stereocenters. The summed E-state index contributed by atoms with van der Waals surface area (Å²) in [6.45, 7) is 2.06. The lowest BCUT2D eigenvalue weighted by atomic mass is 9.91. The van der Waals surface area contributed by atoms with Gasteiger partial charge in [0.15, 0.2) is 11.6 Å². The number of imidazole rings is 1. The highest BCUT2D eigenvalue weighted by atomic mass is 32.1. The van der Waals surface area contributed by atoms with E-state index in [9.17, 15) is 14.7 Å². The first-order valence-corrected chi connectivity index (χ1v) is 16.0. The molecule has 45 heavy (non-hydrogen) atoms. The van der Waals surface area contributed by atoms with E-state index in [1.54, 1.807) is 12.5 Å². The summed E-state index contributed by atoms with van der Waals surface area (Å²) in [6.07, 6.45) is 9.20. The number of fused-ring (bicyclic) bond motifs is 1. The van der Waals surface area contributed by atoms with Crippen LogP contribution in [-0.2, 0) is 19.4 Å². The van der Waals surface area contributed by atoms with Crippen LogP contribution in [0.1, 0.15) is 44.0 Å². The summed E-state index contributed by atoms with van der Waals surface area (Å²) in [4.78, 5) is 32.8. The van der Waals surface area contributed by atoms with Crippen LogP contribution in [0.4, 0.5) is 5.69 Å². The maximum atomic E-state index is 13.2. The molecule has 0 aliphatic carbocycles. The van der Waals surface area contributed by atoms with E-state index in [1.165, 1.54) is 11.3 Å². The Kier molecular flexibility index (Phi) is 7.87. The number of aliphatic hydroxyl groups is 1. The van der Waals surface area contributed by atoms with Gasteiger partial charge in [0, 0.05) is 55.0 Å². The number of hydrogen-bond donors (Lipinski definition) is 1.